The van der Waals surface area contributed by atoms with Gasteiger partial charge in [0, 0.05) is 12.6 Å². The maximum absolute atomic E-state index is 9.84. The minimum atomic E-state index is -3.54. The fourth-order valence-electron chi connectivity index (χ4n) is 2.25. The van der Waals surface area contributed by atoms with Crippen molar-refractivity contribution in [2.45, 2.75) is 36.9 Å². The number of aliphatic hydroxyl groups is 4. The molecule has 1 heterocycles. The smallest absolute Gasteiger partial charge is 0.527 e. The first kappa shape index (κ1) is 19.5. The van der Waals surface area contributed by atoms with Crippen molar-refractivity contribution in [3.63, 3.8) is 0 Å². The Bertz CT molecular complexity index is 367. The number of likely N-dealkylation sites (N-methyl/N-ethyl adjacent to an activating group) is 1. The number of rotatable bonds is 8. The van der Waals surface area contributed by atoms with E-state index in [0.717, 1.165) is 0 Å². The number of nitrogens with zero attached hydrogens (tertiary/aromatic N) is 1. The minimum Gasteiger partial charge on any atom is -0.533 e. The second-order valence-corrected chi connectivity index (χ2v) is 5.64. The number of aliphatic hydroxyl groups excluding tert-OH is 4. The highest BCUT2D eigenvalue weighted by atomic mass is 16.8. The monoisotopic (exact) mass is 322 g/mol. The number of hydrogen-bond acceptors (Lipinski definition) is 9. The molecule has 9 nitrogen and oxygen atoms in total. The third-order valence-electron chi connectivity index (χ3n) is 3.25. The van der Waals surface area contributed by atoms with E-state index in [4.69, 9.17) is 14.4 Å². The summed E-state index contributed by atoms with van der Waals surface area (Å²) in [7, 11) is 3.62. The van der Waals surface area contributed by atoms with Crippen LogP contribution in [0.5, 0.6) is 0 Å². The lowest BCUT2D eigenvalue weighted by Gasteiger charge is -2.28. The van der Waals surface area contributed by atoms with Gasteiger partial charge in [-0.1, -0.05) is 12.2 Å². The van der Waals surface area contributed by atoms with Gasteiger partial charge in [0.05, 0.1) is 18.8 Å². The molecule has 0 bridgehead atoms. The van der Waals surface area contributed by atoms with E-state index < -0.39 is 44.1 Å². The molecule has 1 saturated heterocycles. The van der Waals surface area contributed by atoms with Crippen LogP contribution in [-0.4, -0.2) is 100 Å². The van der Waals surface area contributed by atoms with Crippen LogP contribution in [0.25, 0.3) is 0 Å². The van der Waals surface area contributed by atoms with Crippen molar-refractivity contribution in [3.8, 4) is 0 Å². The molecule has 5 atom stereocenters. The molecule has 130 valence electrons. The SMILES string of the molecule is CN(C)CC(O)/C=C/CC1O[B-](O)(O)OC1C(O)C(O)CO. The van der Waals surface area contributed by atoms with Crippen molar-refractivity contribution < 1.29 is 39.8 Å². The predicted molar refractivity (Wildman–Crippen MR) is 77.4 cm³/mol. The second kappa shape index (κ2) is 8.34. The summed E-state index contributed by atoms with van der Waals surface area (Å²) in [6.07, 6.45) is -2.71. The highest BCUT2D eigenvalue weighted by Crippen LogP contribution is 2.27. The molecule has 6 N–H and O–H groups in total. The quantitative estimate of drug-likeness (QED) is 0.201. The summed E-state index contributed by atoms with van der Waals surface area (Å²) in [6.45, 7) is -3.83. The Balaban J connectivity index is 2.63. The zero-order valence-corrected chi connectivity index (χ0v) is 12.7. The van der Waals surface area contributed by atoms with E-state index in [9.17, 15) is 25.4 Å². The lowest BCUT2D eigenvalue weighted by Crippen LogP contribution is -2.45. The fraction of sp³-hybridized carbons (Fsp3) is 0.833. The molecule has 0 amide bonds. The lowest BCUT2D eigenvalue weighted by atomic mass is 10.0. The van der Waals surface area contributed by atoms with E-state index in [0.29, 0.717) is 6.54 Å². The van der Waals surface area contributed by atoms with Crippen molar-refractivity contribution >= 4 is 6.96 Å². The molecule has 0 spiro atoms. The van der Waals surface area contributed by atoms with E-state index in [1.165, 1.54) is 6.08 Å². The molecule has 0 aliphatic carbocycles. The molecule has 1 rings (SSSR count). The van der Waals surface area contributed by atoms with E-state index in [1.807, 2.05) is 14.1 Å². The van der Waals surface area contributed by atoms with E-state index >= 15 is 0 Å². The van der Waals surface area contributed by atoms with Gasteiger partial charge in [0.2, 0.25) is 0 Å². The lowest BCUT2D eigenvalue weighted by molar-refractivity contribution is -0.0784. The largest absolute Gasteiger partial charge is 0.533 e. The molecule has 1 fully saturated rings. The Kier molecular flexibility index (Phi) is 7.39. The van der Waals surface area contributed by atoms with Crippen LogP contribution in [0.2, 0.25) is 0 Å². The van der Waals surface area contributed by atoms with Gasteiger partial charge in [0.1, 0.15) is 12.2 Å². The maximum Gasteiger partial charge on any atom is 0.527 e. The Morgan fingerprint density at radius 3 is 2.36 bits per heavy atom. The first-order chi connectivity index (χ1) is 10.2. The minimum absolute atomic E-state index is 0.120. The van der Waals surface area contributed by atoms with Crippen LogP contribution in [0.4, 0.5) is 0 Å². The Morgan fingerprint density at radius 1 is 1.18 bits per heavy atom. The summed E-state index contributed by atoms with van der Waals surface area (Å²) in [5.74, 6) is 0. The highest BCUT2D eigenvalue weighted by Gasteiger charge is 2.45. The van der Waals surface area contributed by atoms with Gasteiger partial charge in [-0.15, -0.1) is 0 Å². The molecule has 0 aromatic heterocycles. The van der Waals surface area contributed by atoms with Crippen molar-refractivity contribution in [2.24, 2.45) is 0 Å². The topological polar surface area (TPSA) is 143 Å². The van der Waals surface area contributed by atoms with Crippen LogP contribution in [0.15, 0.2) is 12.2 Å². The first-order valence-electron chi connectivity index (χ1n) is 7.06. The average molecular weight is 322 g/mol. The molecule has 1 aliphatic rings. The van der Waals surface area contributed by atoms with Crippen LogP contribution < -0.4 is 0 Å². The molecule has 0 saturated carbocycles. The summed E-state index contributed by atoms with van der Waals surface area (Å²) in [5, 5.41) is 56.6. The Hall–Kier alpha value is -0.555. The summed E-state index contributed by atoms with van der Waals surface area (Å²) < 4.78 is 9.69. The molecule has 0 radical (unpaired) electrons. The van der Waals surface area contributed by atoms with Crippen molar-refractivity contribution in [1.29, 1.82) is 0 Å². The van der Waals surface area contributed by atoms with Crippen LogP contribution in [-0.2, 0) is 9.31 Å². The summed E-state index contributed by atoms with van der Waals surface area (Å²) in [6, 6.07) is 0. The van der Waals surface area contributed by atoms with Crippen molar-refractivity contribution in [1.82, 2.24) is 4.90 Å². The second-order valence-electron chi connectivity index (χ2n) is 5.64. The van der Waals surface area contributed by atoms with Gasteiger partial charge >= 0.3 is 6.96 Å². The fourth-order valence-corrected chi connectivity index (χ4v) is 2.25. The highest BCUT2D eigenvalue weighted by molar-refractivity contribution is 6.51. The predicted octanol–water partition coefficient (Wildman–Crippen LogP) is -3.23. The van der Waals surface area contributed by atoms with E-state index in [2.05, 4.69) is 0 Å². The number of hydrogen-bond donors (Lipinski definition) is 6. The van der Waals surface area contributed by atoms with Gasteiger partial charge in [-0.25, -0.2) is 0 Å². The van der Waals surface area contributed by atoms with Gasteiger partial charge in [-0.05, 0) is 20.5 Å². The zero-order chi connectivity index (χ0) is 16.9. The summed E-state index contributed by atoms with van der Waals surface area (Å²) >= 11 is 0. The molecule has 5 unspecified atom stereocenters. The van der Waals surface area contributed by atoms with Crippen LogP contribution in [0, 0.1) is 0 Å². The first-order valence-corrected chi connectivity index (χ1v) is 7.06. The average Bonchev–Trinajstić information content (AvgIpc) is 2.71. The molecule has 0 aromatic carbocycles. The Labute approximate surface area is 129 Å². The molecular formula is C12H25BNO8-. The summed E-state index contributed by atoms with van der Waals surface area (Å²) in [4.78, 5) is 1.80. The van der Waals surface area contributed by atoms with Gasteiger partial charge in [0.25, 0.3) is 0 Å². The van der Waals surface area contributed by atoms with Crippen molar-refractivity contribution in [3.05, 3.63) is 12.2 Å². The van der Waals surface area contributed by atoms with E-state index in [-0.39, 0.29) is 6.42 Å². The molecule has 22 heavy (non-hydrogen) atoms. The summed E-state index contributed by atoms with van der Waals surface area (Å²) in [5.41, 5.74) is 0. The zero-order valence-electron chi connectivity index (χ0n) is 12.7. The van der Waals surface area contributed by atoms with E-state index in [1.54, 1.807) is 11.0 Å². The molecule has 1 aliphatic heterocycles. The normalized spacial score (nSPS) is 29.1. The molecule has 0 aromatic rings. The third-order valence-corrected chi connectivity index (χ3v) is 3.25. The van der Waals surface area contributed by atoms with Gasteiger partial charge in [-0.2, -0.15) is 0 Å². The van der Waals surface area contributed by atoms with Crippen molar-refractivity contribution in [2.75, 3.05) is 27.2 Å². The Morgan fingerprint density at radius 2 is 1.82 bits per heavy atom. The molecule has 10 heteroatoms. The van der Waals surface area contributed by atoms with Crippen LogP contribution >= 0.6 is 0 Å². The standard InChI is InChI=1S/C12H25BNO8/c1-14(2)6-8(16)4-3-5-10-12(11(18)9(17)7-15)22-13(19,20)21-10/h3-4,8-12,15-20H,5-7H2,1-2H3/q-1/b4-3+. The molecular weight excluding hydrogens is 297 g/mol. The van der Waals surface area contributed by atoms with Gasteiger partial charge in [0.15, 0.2) is 0 Å². The van der Waals surface area contributed by atoms with Crippen LogP contribution in [0.3, 0.4) is 0 Å². The van der Waals surface area contributed by atoms with Gasteiger partial charge < -0.3 is 44.7 Å². The maximum atomic E-state index is 9.84. The van der Waals surface area contributed by atoms with Crippen LogP contribution in [0.1, 0.15) is 6.42 Å². The van der Waals surface area contributed by atoms with Gasteiger partial charge in [-0.3, -0.25) is 0 Å². The third kappa shape index (κ3) is 5.91.